The average molecular weight is 278 g/mol. The maximum Gasteiger partial charge on any atom is 0.407 e. The van der Waals surface area contributed by atoms with E-state index in [0.717, 1.165) is 12.8 Å². The number of carbonyl (C=O) groups excluding carboxylic acids is 1. The van der Waals surface area contributed by atoms with Gasteiger partial charge in [-0.1, -0.05) is 6.07 Å². The van der Waals surface area contributed by atoms with Crippen molar-refractivity contribution in [1.29, 1.82) is 0 Å². The molecule has 0 spiro atoms. The molecule has 1 amide bonds. The smallest absolute Gasteiger partial charge is 0.407 e. The molecule has 1 fully saturated rings. The summed E-state index contributed by atoms with van der Waals surface area (Å²) in [7, 11) is 0. The Morgan fingerprint density at radius 1 is 1.40 bits per heavy atom. The van der Waals surface area contributed by atoms with Gasteiger partial charge in [-0.25, -0.2) is 4.79 Å². The molecule has 1 aliphatic rings. The highest BCUT2D eigenvalue weighted by Gasteiger charge is 2.33. The first-order valence-corrected chi connectivity index (χ1v) is 6.98. The largest absolute Gasteiger partial charge is 0.446 e. The van der Waals surface area contributed by atoms with Crippen LogP contribution in [0, 0.1) is 5.92 Å². The summed E-state index contributed by atoms with van der Waals surface area (Å²) in [5.41, 5.74) is -0.264. The minimum Gasteiger partial charge on any atom is -0.446 e. The van der Waals surface area contributed by atoms with Gasteiger partial charge in [0, 0.05) is 24.3 Å². The Morgan fingerprint density at radius 3 is 2.70 bits per heavy atom. The molecule has 1 aromatic rings. The first-order valence-electron chi connectivity index (χ1n) is 6.98. The van der Waals surface area contributed by atoms with Crippen LogP contribution in [0.25, 0.3) is 0 Å². The Kier molecular flexibility index (Phi) is 4.16. The van der Waals surface area contributed by atoms with Gasteiger partial charge in [0.25, 0.3) is 5.56 Å². The van der Waals surface area contributed by atoms with Crippen LogP contribution in [-0.4, -0.2) is 22.3 Å². The predicted octanol–water partition coefficient (Wildman–Crippen LogP) is 2.15. The lowest BCUT2D eigenvalue weighted by molar-refractivity contribution is 0.00894. The monoisotopic (exact) mass is 278 g/mol. The van der Waals surface area contributed by atoms with E-state index < -0.39 is 0 Å². The second-order valence-electron chi connectivity index (χ2n) is 6.43. The molecule has 5 heteroatoms. The Hall–Kier alpha value is -1.78. The number of ether oxygens (including phenoxy) is 1. The minimum atomic E-state index is -0.363. The van der Waals surface area contributed by atoms with Gasteiger partial charge in [0.05, 0.1) is 0 Å². The third-order valence-corrected chi connectivity index (χ3v) is 3.30. The van der Waals surface area contributed by atoms with E-state index in [4.69, 9.17) is 4.74 Å². The van der Waals surface area contributed by atoms with Gasteiger partial charge in [-0.2, -0.15) is 0 Å². The molecule has 1 heterocycles. The van der Waals surface area contributed by atoms with Crippen molar-refractivity contribution in [2.24, 2.45) is 5.92 Å². The van der Waals surface area contributed by atoms with E-state index in [-0.39, 0.29) is 23.3 Å². The average Bonchev–Trinajstić information content (AvgIpc) is 2.26. The molecule has 0 saturated heterocycles. The second kappa shape index (κ2) is 5.69. The third kappa shape index (κ3) is 4.11. The fourth-order valence-corrected chi connectivity index (χ4v) is 2.30. The topological polar surface area (TPSA) is 60.3 Å². The van der Waals surface area contributed by atoms with Crippen LogP contribution in [0.2, 0.25) is 0 Å². The van der Waals surface area contributed by atoms with Gasteiger partial charge in [0.15, 0.2) is 0 Å². The maximum atomic E-state index is 11.6. The molecule has 0 aromatic carbocycles. The molecule has 1 aromatic heterocycles. The van der Waals surface area contributed by atoms with Crippen molar-refractivity contribution in [3.05, 3.63) is 34.7 Å². The molecular formula is C15H22N2O3. The Morgan fingerprint density at radius 2 is 2.10 bits per heavy atom. The second-order valence-corrected chi connectivity index (χ2v) is 6.43. The van der Waals surface area contributed by atoms with Crippen molar-refractivity contribution in [2.45, 2.75) is 51.8 Å². The van der Waals surface area contributed by atoms with Gasteiger partial charge in [0.1, 0.15) is 6.10 Å². The molecule has 0 atom stereocenters. The summed E-state index contributed by atoms with van der Waals surface area (Å²) < 4.78 is 7.03. The van der Waals surface area contributed by atoms with Gasteiger partial charge in [-0.3, -0.25) is 4.79 Å². The molecule has 20 heavy (non-hydrogen) atoms. The number of nitrogens with one attached hydrogen (secondary N) is 1. The van der Waals surface area contributed by atoms with E-state index in [1.165, 1.54) is 0 Å². The third-order valence-electron chi connectivity index (χ3n) is 3.30. The fraction of sp³-hybridized carbons (Fsp3) is 0.600. The normalized spacial score (nSPS) is 21.9. The van der Waals surface area contributed by atoms with Crippen LogP contribution in [-0.2, 0) is 11.3 Å². The zero-order valence-electron chi connectivity index (χ0n) is 12.3. The molecule has 1 saturated carbocycles. The number of amides is 1. The summed E-state index contributed by atoms with van der Waals surface area (Å²) in [4.78, 5) is 23.2. The van der Waals surface area contributed by atoms with Crippen molar-refractivity contribution in [1.82, 2.24) is 9.88 Å². The Labute approximate surface area is 118 Å². The van der Waals surface area contributed by atoms with E-state index in [0.29, 0.717) is 12.5 Å². The van der Waals surface area contributed by atoms with Crippen molar-refractivity contribution >= 4 is 6.09 Å². The summed E-state index contributed by atoms with van der Waals surface area (Å²) in [6, 6.07) is 5.15. The van der Waals surface area contributed by atoms with Gasteiger partial charge < -0.3 is 14.6 Å². The van der Waals surface area contributed by atoms with Crippen LogP contribution in [0.3, 0.4) is 0 Å². The number of carbonyl (C=O) groups is 1. The number of hydrogen-bond donors (Lipinski definition) is 1. The van der Waals surface area contributed by atoms with E-state index >= 15 is 0 Å². The number of hydrogen-bond acceptors (Lipinski definition) is 3. The van der Waals surface area contributed by atoms with Crippen LogP contribution < -0.4 is 10.9 Å². The van der Waals surface area contributed by atoms with E-state index in [9.17, 15) is 9.59 Å². The van der Waals surface area contributed by atoms with Crippen LogP contribution in [0.5, 0.6) is 0 Å². The lowest BCUT2D eigenvalue weighted by atomic mass is 9.82. The van der Waals surface area contributed by atoms with Gasteiger partial charge in [-0.15, -0.1) is 0 Å². The maximum absolute atomic E-state index is 11.6. The molecule has 2 rings (SSSR count). The molecular weight excluding hydrogens is 256 g/mol. The SMILES string of the molecule is CC(C)(C)NC(=O)OC1CC(Cn2ccccc2=O)C1. The van der Waals surface area contributed by atoms with E-state index in [1.54, 1.807) is 22.9 Å². The van der Waals surface area contributed by atoms with Crippen molar-refractivity contribution in [3.63, 3.8) is 0 Å². The molecule has 5 nitrogen and oxygen atoms in total. The van der Waals surface area contributed by atoms with Gasteiger partial charge >= 0.3 is 6.09 Å². The van der Waals surface area contributed by atoms with Crippen LogP contribution >= 0.6 is 0 Å². The summed E-state index contributed by atoms with van der Waals surface area (Å²) in [5, 5.41) is 2.78. The highest BCUT2D eigenvalue weighted by atomic mass is 16.6. The zero-order chi connectivity index (χ0) is 14.8. The molecule has 1 aliphatic carbocycles. The van der Waals surface area contributed by atoms with Gasteiger partial charge in [-0.05, 0) is 45.6 Å². The number of nitrogens with zero attached hydrogens (tertiary/aromatic N) is 1. The zero-order valence-corrected chi connectivity index (χ0v) is 12.3. The summed E-state index contributed by atoms with van der Waals surface area (Å²) in [6.07, 6.45) is 3.04. The van der Waals surface area contributed by atoms with Crippen LogP contribution in [0.4, 0.5) is 4.79 Å². The summed E-state index contributed by atoms with van der Waals surface area (Å²) in [6.45, 7) is 6.44. The molecule has 0 radical (unpaired) electrons. The number of alkyl carbamates (subject to hydrolysis) is 1. The highest BCUT2D eigenvalue weighted by Crippen LogP contribution is 2.31. The molecule has 0 bridgehead atoms. The van der Waals surface area contributed by atoms with E-state index in [1.807, 2.05) is 26.8 Å². The lowest BCUT2D eigenvalue weighted by Crippen LogP contribution is -2.45. The number of rotatable bonds is 3. The molecule has 1 N–H and O–H groups in total. The Bertz CT molecular complexity index is 524. The fourth-order valence-electron chi connectivity index (χ4n) is 2.30. The van der Waals surface area contributed by atoms with Gasteiger partial charge in [0.2, 0.25) is 0 Å². The standard InChI is InChI=1S/C15H22N2O3/c1-15(2,3)16-14(19)20-12-8-11(9-12)10-17-7-5-4-6-13(17)18/h4-7,11-12H,8-10H2,1-3H3,(H,16,19). The van der Waals surface area contributed by atoms with Crippen molar-refractivity contribution in [2.75, 3.05) is 0 Å². The van der Waals surface area contributed by atoms with E-state index in [2.05, 4.69) is 5.32 Å². The lowest BCUT2D eigenvalue weighted by Gasteiger charge is -2.35. The molecule has 110 valence electrons. The Balaban J connectivity index is 1.74. The first-order chi connectivity index (χ1) is 9.33. The minimum absolute atomic E-state index is 0.0161. The van der Waals surface area contributed by atoms with Crippen molar-refractivity contribution in [3.8, 4) is 0 Å². The first kappa shape index (κ1) is 14.6. The summed E-state index contributed by atoms with van der Waals surface area (Å²) >= 11 is 0. The number of pyridine rings is 1. The predicted molar refractivity (Wildman–Crippen MR) is 76.6 cm³/mol. The highest BCUT2D eigenvalue weighted by molar-refractivity contribution is 5.68. The molecule has 0 unspecified atom stereocenters. The van der Waals surface area contributed by atoms with Crippen LogP contribution in [0.1, 0.15) is 33.6 Å². The summed E-state index contributed by atoms with van der Waals surface area (Å²) in [5.74, 6) is 0.405. The molecule has 0 aliphatic heterocycles. The number of aromatic nitrogens is 1. The quantitative estimate of drug-likeness (QED) is 0.921. The van der Waals surface area contributed by atoms with Crippen molar-refractivity contribution < 1.29 is 9.53 Å². The van der Waals surface area contributed by atoms with Crippen LogP contribution in [0.15, 0.2) is 29.2 Å².